The Hall–Kier alpha value is -2.20. The van der Waals surface area contributed by atoms with Crippen LogP contribution in [0.2, 0.25) is 5.02 Å². The number of anilines is 1. The molecule has 5 heteroatoms. The average Bonchev–Trinajstić information content (AvgIpc) is 2.61. The molecule has 3 rings (SSSR count). The highest BCUT2D eigenvalue weighted by atomic mass is 35.5. The van der Waals surface area contributed by atoms with Crippen molar-refractivity contribution >= 4 is 23.2 Å². The Morgan fingerprint density at radius 3 is 2.35 bits per heavy atom. The summed E-state index contributed by atoms with van der Waals surface area (Å²) in [5, 5.41) is 0.590. The molecule has 23 heavy (non-hydrogen) atoms. The van der Waals surface area contributed by atoms with Crippen LogP contribution in [0.15, 0.2) is 48.5 Å². The van der Waals surface area contributed by atoms with Gasteiger partial charge in [-0.1, -0.05) is 17.7 Å². The zero-order valence-corrected chi connectivity index (χ0v) is 13.8. The summed E-state index contributed by atoms with van der Waals surface area (Å²) in [5.41, 5.74) is 1.80. The highest BCUT2D eigenvalue weighted by molar-refractivity contribution is 6.30. The monoisotopic (exact) mass is 330 g/mol. The number of hydrogen-bond donors (Lipinski definition) is 0. The Balaban J connectivity index is 1.62. The van der Waals surface area contributed by atoms with Gasteiger partial charge in [-0.2, -0.15) is 0 Å². The van der Waals surface area contributed by atoms with E-state index in [4.69, 9.17) is 16.3 Å². The minimum Gasteiger partial charge on any atom is -0.497 e. The zero-order valence-electron chi connectivity index (χ0n) is 13.0. The molecule has 2 aromatic carbocycles. The minimum atomic E-state index is 0.0434. The van der Waals surface area contributed by atoms with Crippen molar-refractivity contribution in [1.29, 1.82) is 0 Å². The highest BCUT2D eigenvalue weighted by Gasteiger charge is 2.22. The lowest BCUT2D eigenvalue weighted by Gasteiger charge is -2.36. The number of ether oxygens (including phenoxy) is 1. The molecular formula is C18H19ClN2O2. The lowest BCUT2D eigenvalue weighted by atomic mass is 10.1. The van der Waals surface area contributed by atoms with E-state index in [2.05, 4.69) is 4.90 Å². The van der Waals surface area contributed by atoms with Gasteiger partial charge in [0.1, 0.15) is 5.75 Å². The molecular weight excluding hydrogens is 312 g/mol. The molecule has 0 saturated carbocycles. The molecule has 0 N–H and O–H groups in total. The van der Waals surface area contributed by atoms with Crippen molar-refractivity contribution in [1.82, 2.24) is 4.90 Å². The fourth-order valence-corrected chi connectivity index (χ4v) is 2.96. The molecule has 1 fully saturated rings. The van der Waals surface area contributed by atoms with Gasteiger partial charge in [0.2, 0.25) is 0 Å². The molecule has 0 radical (unpaired) electrons. The van der Waals surface area contributed by atoms with Crippen LogP contribution in [0.4, 0.5) is 5.69 Å². The molecule has 0 aromatic heterocycles. The Morgan fingerprint density at radius 1 is 1.04 bits per heavy atom. The van der Waals surface area contributed by atoms with Crippen molar-refractivity contribution in [2.75, 3.05) is 38.2 Å². The summed E-state index contributed by atoms with van der Waals surface area (Å²) in [6.45, 7) is 3.05. The first kappa shape index (κ1) is 15.7. The van der Waals surface area contributed by atoms with Crippen LogP contribution in [0.25, 0.3) is 0 Å². The molecule has 1 aliphatic heterocycles. The summed E-state index contributed by atoms with van der Waals surface area (Å²) in [5.74, 6) is 0.894. The van der Waals surface area contributed by atoms with Gasteiger partial charge in [0.05, 0.1) is 7.11 Å². The van der Waals surface area contributed by atoms with Gasteiger partial charge >= 0.3 is 0 Å². The summed E-state index contributed by atoms with van der Waals surface area (Å²) in [4.78, 5) is 16.7. The molecule has 0 atom stereocenters. The predicted molar refractivity (Wildman–Crippen MR) is 92.6 cm³/mol. The van der Waals surface area contributed by atoms with E-state index in [0.717, 1.165) is 24.5 Å². The van der Waals surface area contributed by atoms with Gasteiger partial charge < -0.3 is 14.5 Å². The van der Waals surface area contributed by atoms with Crippen molar-refractivity contribution in [2.24, 2.45) is 0 Å². The van der Waals surface area contributed by atoms with E-state index in [1.807, 2.05) is 41.3 Å². The Bertz CT molecular complexity index is 680. The van der Waals surface area contributed by atoms with Gasteiger partial charge in [0.25, 0.3) is 5.91 Å². The van der Waals surface area contributed by atoms with E-state index >= 15 is 0 Å². The summed E-state index contributed by atoms with van der Waals surface area (Å²) in [7, 11) is 1.66. The first-order valence-corrected chi connectivity index (χ1v) is 7.99. The molecule has 0 spiro atoms. The van der Waals surface area contributed by atoms with Crippen LogP contribution >= 0.6 is 11.6 Å². The van der Waals surface area contributed by atoms with E-state index in [1.54, 1.807) is 19.2 Å². The highest BCUT2D eigenvalue weighted by Crippen LogP contribution is 2.21. The van der Waals surface area contributed by atoms with Crippen LogP contribution in [0, 0.1) is 0 Å². The van der Waals surface area contributed by atoms with Crippen molar-refractivity contribution in [3.05, 3.63) is 59.1 Å². The second-order valence-corrected chi connectivity index (χ2v) is 5.92. The number of nitrogens with zero attached hydrogens (tertiary/aromatic N) is 2. The second-order valence-electron chi connectivity index (χ2n) is 5.49. The Kier molecular flexibility index (Phi) is 4.72. The maximum Gasteiger partial charge on any atom is 0.254 e. The number of methoxy groups -OCH3 is 1. The van der Waals surface area contributed by atoms with Crippen LogP contribution in [-0.4, -0.2) is 44.1 Å². The van der Waals surface area contributed by atoms with E-state index < -0.39 is 0 Å². The molecule has 0 unspecified atom stereocenters. The van der Waals surface area contributed by atoms with Crippen molar-refractivity contribution in [3.63, 3.8) is 0 Å². The quantitative estimate of drug-likeness (QED) is 0.865. The van der Waals surface area contributed by atoms with Crippen molar-refractivity contribution in [2.45, 2.75) is 0 Å². The summed E-state index contributed by atoms with van der Waals surface area (Å²) < 4.78 is 5.18. The standard InChI is InChI=1S/C18H19ClN2O2/c1-23-17-7-5-16(6-8-17)20-9-11-21(12-10-20)18(22)14-3-2-4-15(19)13-14/h2-8,13H,9-12H2,1H3. The van der Waals surface area contributed by atoms with Gasteiger partial charge in [0.15, 0.2) is 0 Å². The third-order valence-electron chi connectivity index (χ3n) is 4.08. The molecule has 4 nitrogen and oxygen atoms in total. The first-order chi connectivity index (χ1) is 11.2. The molecule has 2 aromatic rings. The van der Waals surface area contributed by atoms with E-state index in [0.29, 0.717) is 23.7 Å². The lowest BCUT2D eigenvalue weighted by Crippen LogP contribution is -2.48. The summed E-state index contributed by atoms with van der Waals surface area (Å²) >= 11 is 5.97. The molecule has 1 aliphatic rings. The molecule has 0 bridgehead atoms. The van der Waals surface area contributed by atoms with E-state index in [9.17, 15) is 4.79 Å². The second kappa shape index (κ2) is 6.92. The summed E-state index contributed by atoms with van der Waals surface area (Å²) in [6.07, 6.45) is 0. The molecule has 0 aliphatic carbocycles. The van der Waals surface area contributed by atoms with Crippen LogP contribution in [0.5, 0.6) is 5.75 Å². The van der Waals surface area contributed by atoms with Crippen molar-refractivity contribution in [3.8, 4) is 5.75 Å². The zero-order chi connectivity index (χ0) is 16.2. The topological polar surface area (TPSA) is 32.8 Å². The lowest BCUT2D eigenvalue weighted by molar-refractivity contribution is 0.0747. The van der Waals surface area contributed by atoms with Crippen LogP contribution in [0.3, 0.4) is 0 Å². The average molecular weight is 331 g/mol. The SMILES string of the molecule is COc1ccc(N2CCN(C(=O)c3cccc(Cl)c3)CC2)cc1. The molecule has 120 valence electrons. The van der Waals surface area contributed by atoms with E-state index in [-0.39, 0.29) is 5.91 Å². The largest absolute Gasteiger partial charge is 0.497 e. The van der Waals surface area contributed by atoms with Crippen LogP contribution in [0.1, 0.15) is 10.4 Å². The van der Waals surface area contributed by atoms with Gasteiger partial charge in [0, 0.05) is 42.5 Å². The number of carbonyl (C=O) groups is 1. The third-order valence-corrected chi connectivity index (χ3v) is 4.31. The van der Waals surface area contributed by atoms with Crippen LogP contribution < -0.4 is 9.64 Å². The Morgan fingerprint density at radius 2 is 1.74 bits per heavy atom. The fraction of sp³-hybridized carbons (Fsp3) is 0.278. The number of amides is 1. The van der Waals surface area contributed by atoms with Gasteiger partial charge in [-0.15, -0.1) is 0 Å². The minimum absolute atomic E-state index is 0.0434. The smallest absolute Gasteiger partial charge is 0.254 e. The van der Waals surface area contributed by atoms with Gasteiger partial charge in [-0.05, 0) is 42.5 Å². The maximum atomic E-state index is 12.5. The fourth-order valence-electron chi connectivity index (χ4n) is 2.76. The number of hydrogen-bond acceptors (Lipinski definition) is 3. The normalized spacial score (nSPS) is 14.7. The number of carbonyl (C=O) groups excluding carboxylic acids is 1. The Labute approximate surface area is 141 Å². The molecule has 1 amide bonds. The van der Waals surface area contributed by atoms with Gasteiger partial charge in [-0.25, -0.2) is 0 Å². The predicted octanol–water partition coefficient (Wildman–Crippen LogP) is 3.31. The van der Waals surface area contributed by atoms with Crippen LogP contribution in [-0.2, 0) is 0 Å². The number of piperazine rings is 1. The third kappa shape index (κ3) is 3.59. The number of rotatable bonds is 3. The van der Waals surface area contributed by atoms with Gasteiger partial charge in [-0.3, -0.25) is 4.79 Å². The van der Waals surface area contributed by atoms with Crippen molar-refractivity contribution < 1.29 is 9.53 Å². The maximum absolute atomic E-state index is 12.5. The molecule has 1 saturated heterocycles. The first-order valence-electron chi connectivity index (χ1n) is 7.61. The number of benzene rings is 2. The van der Waals surface area contributed by atoms with E-state index in [1.165, 1.54) is 0 Å². The number of halogens is 1. The molecule has 1 heterocycles. The summed E-state index contributed by atoms with van der Waals surface area (Å²) in [6, 6.07) is 15.1.